The van der Waals surface area contributed by atoms with Gasteiger partial charge in [-0.2, -0.15) is 10.2 Å². The number of benzene rings is 1. The van der Waals surface area contributed by atoms with Crippen LogP contribution in [0.2, 0.25) is 0 Å². The molecular weight excluding hydrogens is 587 g/mol. The zero-order chi connectivity index (χ0) is 30.6. The van der Waals surface area contributed by atoms with Gasteiger partial charge in [0.05, 0.1) is 31.0 Å². The van der Waals surface area contributed by atoms with Crippen molar-refractivity contribution in [3.8, 4) is 10.8 Å². The zero-order valence-corrected chi connectivity index (χ0v) is 25.4. The molecule has 0 unspecified atom stereocenters. The number of hydrogen-bond donors (Lipinski definition) is 2. The van der Waals surface area contributed by atoms with Gasteiger partial charge in [-0.25, -0.2) is 13.8 Å². The van der Waals surface area contributed by atoms with Crippen LogP contribution in [0.4, 0.5) is 4.39 Å². The van der Waals surface area contributed by atoms with Gasteiger partial charge in [-0.15, -0.1) is 4.80 Å². The van der Waals surface area contributed by atoms with Crippen molar-refractivity contribution in [2.75, 3.05) is 20.3 Å². The van der Waals surface area contributed by atoms with Crippen molar-refractivity contribution in [2.24, 2.45) is 5.73 Å². The highest BCUT2D eigenvalue weighted by Crippen LogP contribution is 2.31. The minimum atomic E-state index is -1.58. The first-order chi connectivity index (χ1) is 20.0. The third-order valence-corrected chi connectivity index (χ3v) is 8.69. The molecular formula is C27H33FN6O6S2. The predicted molar refractivity (Wildman–Crippen MR) is 159 cm³/mol. The lowest BCUT2D eigenvalue weighted by Crippen LogP contribution is -2.54. The fourth-order valence-corrected chi connectivity index (χ4v) is 6.05. The smallest absolute Gasteiger partial charge is 0.333 e. The Kier molecular flexibility index (Phi) is 9.86. The topological polar surface area (TPSA) is 145 Å². The monoisotopic (exact) mass is 620 g/mol. The van der Waals surface area contributed by atoms with Gasteiger partial charge in [-0.3, -0.25) is 14.2 Å². The SMILES string of the molecule is COc1ccc(F)cc1CCn1c(=O)n(C(C)(C)C(N)=O)c(=O)c2c(C)c(-n3nccn3)sc21.SOC1CCOCC1. The highest BCUT2D eigenvalue weighted by Gasteiger charge is 2.34. The van der Waals surface area contributed by atoms with Crippen molar-refractivity contribution in [3.05, 3.63) is 68.4 Å². The summed E-state index contributed by atoms with van der Waals surface area (Å²) in [5.74, 6) is -0.793. The molecule has 5 rings (SSSR count). The average Bonchev–Trinajstić information content (AvgIpc) is 3.62. The van der Waals surface area contributed by atoms with Gasteiger partial charge in [-0.1, -0.05) is 11.3 Å². The Labute approximate surface area is 250 Å². The van der Waals surface area contributed by atoms with E-state index in [-0.39, 0.29) is 18.4 Å². The Morgan fingerprint density at radius 3 is 2.48 bits per heavy atom. The van der Waals surface area contributed by atoms with E-state index < -0.39 is 28.5 Å². The van der Waals surface area contributed by atoms with Crippen LogP contribution in [-0.2, 0) is 32.2 Å². The molecule has 4 aromatic rings. The second-order valence-electron chi connectivity index (χ2n) is 10.2. The minimum absolute atomic E-state index is 0.0935. The summed E-state index contributed by atoms with van der Waals surface area (Å²) in [7, 11) is 1.47. The van der Waals surface area contributed by atoms with Crippen molar-refractivity contribution in [2.45, 2.75) is 58.2 Å². The van der Waals surface area contributed by atoms with E-state index >= 15 is 0 Å². The maximum atomic E-state index is 13.9. The predicted octanol–water partition coefficient (Wildman–Crippen LogP) is 2.75. The Bertz CT molecular complexity index is 1680. The molecule has 226 valence electrons. The number of thiophene rings is 1. The molecule has 0 saturated carbocycles. The number of fused-ring (bicyclic) bond motifs is 1. The number of rotatable bonds is 8. The Morgan fingerprint density at radius 2 is 1.90 bits per heavy atom. The minimum Gasteiger partial charge on any atom is -0.496 e. The number of amides is 1. The van der Waals surface area contributed by atoms with E-state index in [1.54, 1.807) is 6.92 Å². The van der Waals surface area contributed by atoms with Gasteiger partial charge in [0.25, 0.3) is 5.56 Å². The molecule has 1 saturated heterocycles. The Hall–Kier alpha value is -3.53. The van der Waals surface area contributed by atoms with Gasteiger partial charge < -0.3 is 19.4 Å². The van der Waals surface area contributed by atoms with Gasteiger partial charge in [0.1, 0.15) is 26.9 Å². The Morgan fingerprint density at radius 1 is 1.24 bits per heavy atom. The maximum Gasteiger partial charge on any atom is 0.333 e. The van der Waals surface area contributed by atoms with E-state index in [9.17, 15) is 18.8 Å². The van der Waals surface area contributed by atoms with E-state index in [0.717, 1.165) is 30.6 Å². The first-order valence-electron chi connectivity index (χ1n) is 13.2. The first kappa shape index (κ1) is 31.4. The number of aromatic nitrogens is 5. The van der Waals surface area contributed by atoms with Gasteiger partial charge in [-0.05, 0) is 76.7 Å². The summed E-state index contributed by atoms with van der Waals surface area (Å²) in [6.07, 6.45) is 5.54. The number of carbonyl (C=O) groups excluding carboxylic acids is 1. The first-order valence-corrected chi connectivity index (χ1v) is 14.4. The van der Waals surface area contributed by atoms with Crippen LogP contribution in [0.5, 0.6) is 5.75 Å². The molecule has 0 radical (unpaired) electrons. The van der Waals surface area contributed by atoms with Crippen molar-refractivity contribution in [3.63, 3.8) is 0 Å². The molecule has 2 N–H and O–H groups in total. The van der Waals surface area contributed by atoms with Crippen LogP contribution in [0, 0.1) is 12.7 Å². The Balaban J connectivity index is 0.000000437. The van der Waals surface area contributed by atoms with Gasteiger partial charge in [0.15, 0.2) is 0 Å². The van der Waals surface area contributed by atoms with Gasteiger partial charge in [0.2, 0.25) is 5.91 Å². The highest BCUT2D eigenvalue weighted by molar-refractivity contribution is 7.75. The quantitative estimate of drug-likeness (QED) is 0.226. The van der Waals surface area contributed by atoms with E-state index in [1.165, 1.54) is 72.3 Å². The summed E-state index contributed by atoms with van der Waals surface area (Å²) in [5, 5.41) is 9.09. The zero-order valence-electron chi connectivity index (χ0n) is 23.7. The molecule has 1 fully saturated rings. The molecule has 3 aromatic heterocycles. The largest absolute Gasteiger partial charge is 0.496 e. The number of thiol groups is 1. The van der Waals surface area contributed by atoms with Crippen LogP contribution >= 0.6 is 24.2 Å². The van der Waals surface area contributed by atoms with Crippen LogP contribution < -0.4 is 21.7 Å². The van der Waals surface area contributed by atoms with Gasteiger partial charge in [0, 0.05) is 25.3 Å². The molecule has 1 amide bonds. The standard InChI is InChI=1S/C22H23FN6O4S.C5H10O2S/c1-12-16-17(30)28(22(2,3)20(24)31)21(32)27(19(16)34-18(12)29-25-8-9-26-29)10-7-13-11-14(23)5-6-15(13)33-4;8-7-5-1-3-6-4-2-5/h5-6,8-9,11H,7,10H2,1-4H3,(H2,24,31);5,8H,1-4H2. The molecule has 0 bridgehead atoms. The maximum absolute atomic E-state index is 13.9. The fourth-order valence-electron chi connectivity index (χ4n) is 4.60. The normalized spacial score (nSPS) is 14.0. The molecule has 1 aromatic carbocycles. The van der Waals surface area contributed by atoms with E-state index in [0.29, 0.717) is 32.8 Å². The summed E-state index contributed by atoms with van der Waals surface area (Å²) in [6.45, 7) is 6.31. The molecule has 12 nitrogen and oxygen atoms in total. The van der Waals surface area contributed by atoms with Crippen molar-refractivity contribution >= 4 is 40.4 Å². The molecule has 1 aliphatic heterocycles. The molecule has 42 heavy (non-hydrogen) atoms. The molecule has 0 aliphatic carbocycles. The van der Waals surface area contributed by atoms with Crippen LogP contribution in [-0.4, -0.2) is 56.5 Å². The summed E-state index contributed by atoms with van der Waals surface area (Å²) in [5.41, 5.74) is 3.75. The number of nitrogens with two attached hydrogens (primary N) is 1. The molecule has 0 spiro atoms. The number of primary amides is 1. The number of carbonyl (C=O) groups is 1. The number of nitrogens with zero attached hydrogens (tertiary/aromatic N) is 5. The number of halogens is 1. The summed E-state index contributed by atoms with van der Waals surface area (Å²) < 4.78 is 31.4. The number of aryl methyl sites for hydroxylation is 3. The number of methoxy groups -OCH3 is 1. The van der Waals surface area contributed by atoms with Crippen LogP contribution in [0.15, 0.2) is 40.2 Å². The lowest BCUT2D eigenvalue weighted by atomic mass is 10.0. The van der Waals surface area contributed by atoms with Crippen molar-refractivity contribution in [1.29, 1.82) is 0 Å². The average molecular weight is 621 g/mol. The molecule has 15 heteroatoms. The molecule has 0 atom stereocenters. The van der Waals surface area contributed by atoms with Crippen LogP contribution in [0.3, 0.4) is 0 Å². The summed E-state index contributed by atoms with van der Waals surface area (Å²) in [6, 6.07) is 4.13. The van der Waals surface area contributed by atoms with E-state index in [2.05, 4.69) is 23.1 Å². The number of hydrogen-bond acceptors (Lipinski definition) is 10. The van der Waals surface area contributed by atoms with E-state index in [4.69, 9.17) is 19.4 Å². The van der Waals surface area contributed by atoms with Gasteiger partial charge >= 0.3 is 5.69 Å². The highest BCUT2D eigenvalue weighted by atomic mass is 32.1. The molecule has 1 aliphatic rings. The fraction of sp³-hybridized carbons (Fsp3) is 0.444. The second kappa shape index (κ2) is 13.2. The lowest BCUT2D eigenvalue weighted by molar-refractivity contribution is -0.125. The third kappa shape index (κ3) is 6.28. The van der Waals surface area contributed by atoms with E-state index in [1.807, 2.05) is 0 Å². The number of ether oxygens (including phenoxy) is 2. The summed E-state index contributed by atoms with van der Waals surface area (Å²) >= 11 is 4.89. The second-order valence-corrected chi connectivity index (χ2v) is 11.3. The third-order valence-electron chi connectivity index (χ3n) is 7.11. The lowest BCUT2D eigenvalue weighted by Gasteiger charge is -2.24. The molecule has 4 heterocycles. The summed E-state index contributed by atoms with van der Waals surface area (Å²) in [4.78, 5) is 41.0. The van der Waals surface area contributed by atoms with Crippen LogP contribution in [0.25, 0.3) is 15.2 Å². The van der Waals surface area contributed by atoms with Crippen molar-refractivity contribution < 1.29 is 22.8 Å². The van der Waals surface area contributed by atoms with Crippen molar-refractivity contribution in [1.82, 2.24) is 24.1 Å². The van der Waals surface area contributed by atoms with Crippen LogP contribution in [0.1, 0.15) is 37.8 Å².